The lowest BCUT2D eigenvalue weighted by Gasteiger charge is -2.33. The third-order valence-corrected chi connectivity index (χ3v) is 8.95. The van der Waals surface area contributed by atoms with Crippen LogP contribution in [0.2, 0.25) is 18.1 Å². The Bertz CT molecular complexity index is 490. The van der Waals surface area contributed by atoms with Gasteiger partial charge in [0.05, 0.1) is 6.61 Å². The molecule has 0 amide bonds. The summed E-state index contributed by atoms with van der Waals surface area (Å²) in [5.41, 5.74) is 2.85. The van der Waals surface area contributed by atoms with Crippen molar-refractivity contribution in [3.05, 3.63) is 33.8 Å². The second kappa shape index (κ2) is 6.94. The van der Waals surface area contributed by atoms with Crippen molar-refractivity contribution in [2.75, 3.05) is 13.2 Å². The van der Waals surface area contributed by atoms with E-state index in [1.165, 1.54) is 15.6 Å². The number of ether oxygens (including phenoxy) is 1. The summed E-state index contributed by atoms with van der Waals surface area (Å²) >= 11 is 3.69. The molecule has 1 aliphatic heterocycles. The summed E-state index contributed by atoms with van der Waals surface area (Å²) in [5.74, 6) is 0. The number of hydrogen-bond donors (Lipinski definition) is 1. The van der Waals surface area contributed by atoms with Gasteiger partial charge in [0.2, 0.25) is 0 Å². The average molecular weight is 370 g/mol. The van der Waals surface area contributed by atoms with E-state index in [1.807, 2.05) is 0 Å². The zero-order valence-electron chi connectivity index (χ0n) is 13.9. The Balaban J connectivity index is 1.94. The van der Waals surface area contributed by atoms with Gasteiger partial charge in [-0.05, 0) is 35.6 Å². The predicted molar refractivity (Wildman–Crippen MR) is 96.9 cm³/mol. The average Bonchev–Trinajstić information content (AvgIpc) is 2.40. The van der Waals surface area contributed by atoms with Crippen molar-refractivity contribution in [3.63, 3.8) is 0 Å². The monoisotopic (exact) mass is 369 g/mol. The molecule has 1 aliphatic rings. The SMILES string of the molecule is C[C@@H]1N[C@@H](COCC(C)(C)[SiH](C)C)Cc2c(Br)cccc21. The van der Waals surface area contributed by atoms with E-state index in [2.05, 4.69) is 73.3 Å². The van der Waals surface area contributed by atoms with Crippen LogP contribution in [0.25, 0.3) is 0 Å². The summed E-state index contributed by atoms with van der Waals surface area (Å²) in [5, 5.41) is 4.05. The van der Waals surface area contributed by atoms with Crippen LogP contribution in [0.3, 0.4) is 0 Å². The van der Waals surface area contributed by atoms with Crippen LogP contribution in [0, 0.1) is 0 Å². The quantitative estimate of drug-likeness (QED) is 0.780. The summed E-state index contributed by atoms with van der Waals surface area (Å²) in [4.78, 5) is 0. The number of nitrogens with one attached hydrogen (secondary N) is 1. The molecule has 0 unspecified atom stereocenters. The fraction of sp³-hybridized carbons (Fsp3) is 0.647. The van der Waals surface area contributed by atoms with E-state index in [-0.39, 0.29) is 0 Å². The van der Waals surface area contributed by atoms with Gasteiger partial charge in [-0.25, -0.2) is 0 Å². The molecule has 2 atom stereocenters. The first-order valence-corrected chi connectivity index (χ1v) is 11.6. The summed E-state index contributed by atoms with van der Waals surface area (Å²) in [7, 11) is -0.681. The second-order valence-electron chi connectivity index (χ2n) is 7.26. The lowest BCUT2D eigenvalue weighted by molar-refractivity contribution is 0.0885. The molecule has 21 heavy (non-hydrogen) atoms. The van der Waals surface area contributed by atoms with Crippen LogP contribution >= 0.6 is 15.9 Å². The number of fused-ring (bicyclic) bond motifs is 1. The molecule has 118 valence electrons. The van der Waals surface area contributed by atoms with E-state index < -0.39 is 8.80 Å². The molecule has 2 nitrogen and oxygen atoms in total. The van der Waals surface area contributed by atoms with Gasteiger partial charge < -0.3 is 10.1 Å². The van der Waals surface area contributed by atoms with Crippen molar-refractivity contribution in [1.82, 2.24) is 5.32 Å². The Kier molecular flexibility index (Phi) is 5.69. The van der Waals surface area contributed by atoms with Crippen LogP contribution < -0.4 is 5.32 Å². The number of hydrogen-bond acceptors (Lipinski definition) is 2. The van der Waals surface area contributed by atoms with E-state index in [4.69, 9.17) is 4.74 Å². The highest BCUT2D eigenvalue weighted by Gasteiger charge is 2.27. The van der Waals surface area contributed by atoms with Crippen molar-refractivity contribution < 1.29 is 4.74 Å². The molecule has 1 heterocycles. The van der Waals surface area contributed by atoms with Gasteiger partial charge in [0.1, 0.15) is 0 Å². The van der Waals surface area contributed by atoms with Gasteiger partial charge in [-0.3, -0.25) is 0 Å². The lowest BCUT2D eigenvalue weighted by atomic mass is 9.91. The van der Waals surface area contributed by atoms with Gasteiger partial charge >= 0.3 is 0 Å². The molecule has 0 fully saturated rings. The molecule has 1 aromatic carbocycles. The maximum Gasteiger partial charge on any atom is 0.0623 e. The number of benzene rings is 1. The first kappa shape index (κ1) is 17.2. The molecule has 0 spiro atoms. The van der Waals surface area contributed by atoms with E-state index in [0.29, 0.717) is 17.1 Å². The molecule has 1 N–H and O–H groups in total. The van der Waals surface area contributed by atoms with Crippen LogP contribution in [0.1, 0.15) is 37.9 Å². The zero-order chi connectivity index (χ0) is 15.6. The Labute approximate surface area is 139 Å². The Hall–Kier alpha value is -0.163. The van der Waals surface area contributed by atoms with Gasteiger partial charge in [-0.15, -0.1) is 0 Å². The van der Waals surface area contributed by atoms with Crippen LogP contribution in [-0.4, -0.2) is 28.1 Å². The highest BCUT2D eigenvalue weighted by Crippen LogP contribution is 2.32. The molecular formula is C17H28BrNOSi. The second-order valence-corrected chi connectivity index (χ2v) is 12.0. The minimum atomic E-state index is -0.681. The van der Waals surface area contributed by atoms with Crippen molar-refractivity contribution >= 4 is 24.7 Å². The van der Waals surface area contributed by atoms with E-state index in [9.17, 15) is 0 Å². The highest BCUT2D eigenvalue weighted by molar-refractivity contribution is 9.10. The van der Waals surface area contributed by atoms with Crippen molar-refractivity contribution in [1.29, 1.82) is 0 Å². The molecule has 0 aliphatic carbocycles. The number of halogens is 1. The summed E-state index contributed by atoms with van der Waals surface area (Å²) in [6.07, 6.45) is 1.04. The van der Waals surface area contributed by atoms with Crippen molar-refractivity contribution in [2.24, 2.45) is 0 Å². The summed E-state index contributed by atoms with van der Waals surface area (Å²) in [6, 6.07) is 7.29. The molecule has 1 aromatic rings. The van der Waals surface area contributed by atoms with Crippen LogP contribution in [0.15, 0.2) is 22.7 Å². The lowest BCUT2D eigenvalue weighted by Crippen LogP contribution is -2.42. The maximum atomic E-state index is 6.06. The van der Waals surface area contributed by atoms with Gasteiger partial charge in [-0.1, -0.05) is 55.0 Å². The van der Waals surface area contributed by atoms with E-state index in [0.717, 1.165) is 19.6 Å². The molecule has 4 heteroatoms. The fourth-order valence-corrected chi connectivity index (χ4v) is 3.68. The number of rotatable bonds is 5. The topological polar surface area (TPSA) is 21.3 Å². The van der Waals surface area contributed by atoms with Crippen LogP contribution in [0.5, 0.6) is 0 Å². The normalized spacial score (nSPS) is 22.4. The Morgan fingerprint density at radius 1 is 1.38 bits per heavy atom. The van der Waals surface area contributed by atoms with Gasteiger partial charge in [0.15, 0.2) is 0 Å². The molecule has 0 saturated carbocycles. The largest absolute Gasteiger partial charge is 0.380 e. The molecule has 2 rings (SSSR count). The molecule has 0 aromatic heterocycles. The molecular weight excluding hydrogens is 342 g/mol. The highest BCUT2D eigenvalue weighted by atomic mass is 79.9. The first-order valence-electron chi connectivity index (χ1n) is 7.92. The summed E-state index contributed by atoms with van der Waals surface area (Å²) < 4.78 is 7.29. The summed E-state index contributed by atoms with van der Waals surface area (Å²) in [6.45, 7) is 13.4. The van der Waals surface area contributed by atoms with Crippen molar-refractivity contribution in [3.8, 4) is 0 Å². The minimum Gasteiger partial charge on any atom is -0.380 e. The smallest absolute Gasteiger partial charge is 0.0623 e. The molecule has 0 bridgehead atoms. The first-order chi connectivity index (χ1) is 9.81. The standard InChI is InChI=1S/C17H28BrNOSi/c1-12-14-7-6-8-16(18)15(14)9-13(19-12)10-20-11-17(2,3)21(4)5/h6-8,12-13,19,21H,9-11H2,1-5H3/t12-,13+/m0/s1. The van der Waals surface area contributed by atoms with Crippen LogP contribution in [-0.2, 0) is 11.2 Å². The Morgan fingerprint density at radius 2 is 2.10 bits per heavy atom. The molecule has 0 radical (unpaired) electrons. The third-order valence-electron chi connectivity index (χ3n) is 4.91. The van der Waals surface area contributed by atoms with E-state index in [1.54, 1.807) is 0 Å². The van der Waals surface area contributed by atoms with Gasteiger partial charge in [0, 0.05) is 32.0 Å². The third kappa shape index (κ3) is 4.18. The van der Waals surface area contributed by atoms with Crippen LogP contribution in [0.4, 0.5) is 0 Å². The van der Waals surface area contributed by atoms with Crippen molar-refractivity contribution in [2.45, 2.75) is 57.4 Å². The zero-order valence-corrected chi connectivity index (χ0v) is 16.6. The predicted octanol–water partition coefficient (Wildman–Crippen LogP) is 4.31. The maximum absolute atomic E-state index is 6.06. The molecule has 0 saturated heterocycles. The fourth-order valence-electron chi connectivity index (χ4n) is 2.68. The Morgan fingerprint density at radius 3 is 2.76 bits per heavy atom. The van der Waals surface area contributed by atoms with Gasteiger partial charge in [-0.2, -0.15) is 0 Å². The van der Waals surface area contributed by atoms with Gasteiger partial charge in [0.25, 0.3) is 0 Å². The minimum absolute atomic E-state index is 0.374. The van der Waals surface area contributed by atoms with E-state index >= 15 is 0 Å².